The second-order valence-electron chi connectivity index (χ2n) is 6.03. The summed E-state index contributed by atoms with van der Waals surface area (Å²) in [5.74, 6) is 1.19. The van der Waals surface area contributed by atoms with E-state index >= 15 is 0 Å². The van der Waals surface area contributed by atoms with Crippen LogP contribution >= 0.6 is 0 Å². The summed E-state index contributed by atoms with van der Waals surface area (Å²) in [4.78, 5) is 18.2. The van der Waals surface area contributed by atoms with Gasteiger partial charge in [0.1, 0.15) is 28.8 Å². The molecule has 6 nitrogen and oxygen atoms in total. The Morgan fingerprint density at radius 3 is 2.37 bits per heavy atom. The molecule has 0 atom stereocenters. The molecule has 0 aliphatic rings. The highest BCUT2D eigenvalue weighted by Gasteiger charge is 2.32. The Hall–Kier alpha value is -3.23. The van der Waals surface area contributed by atoms with E-state index in [1.807, 2.05) is 24.8 Å². The van der Waals surface area contributed by atoms with Crippen LogP contribution in [-0.2, 0) is 6.18 Å². The van der Waals surface area contributed by atoms with Crippen molar-refractivity contribution in [1.82, 2.24) is 19.9 Å². The highest BCUT2D eigenvalue weighted by Crippen LogP contribution is 2.30. The predicted octanol–water partition coefficient (Wildman–Crippen LogP) is 4.08. The summed E-state index contributed by atoms with van der Waals surface area (Å²) in [5, 5.41) is 0. The standard InChI is InChI=1S/C18H17F3N6/c1-11(2)27(15-8-3-4-9-23-15)16-10-14(22)25-17(26-16)12-6-5-7-13(24-12)18(19,20)21/h3-11H,1-2H3,(H2,22,25,26). The first-order valence-corrected chi connectivity index (χ1v) is 8.15. The van der Waals surface area contributed by atoms with E-state index in [1.54, 1.807) is 24.4 Å². The molecule has 0 aliphatic carbocycles. The average molecular weight is 374 g/mol. The van der Waals surface area contributed by atoms with E-state index < -0.39 is 11.9 Å². The summed E-state index contributed by atoms with van der Waals surface area (Å²) in [6.07, 6.45) is -2.92. The zero-order valence-corrected chi connectivity index (χ0v) is 14.6. The maximum Gasteiger partial charge on any atom is 0.433 e. The van der Waals surface area contributed by atoms with Crippen molar-refractivity contribution in [2.45, 2.75) is 26.1 Å². The van der Waals surface area contributed by atoms with Crippen LogP contribution in [0.4, 0.5) is 30.6 Å². The van der Waals surface area contributed by atoms with Crippen molar-refractivity contribution in [2.24, 2.45) is 0 Å². The van der Waals surface area contributed by atoms with Crippen LogP contribution in [0.3, 0.4) is 0 Å². The van der Waals surface area contributed by atoms with Crippen molar-refractivity contribution in [2.75, 3.05) is 10.6 Å². The number of halogens is 3. The fourth-order valence-corrected chi connectivity index (χ4v) is 2.55. The number of nitrogens with zero attached hydrogens (tertiary/aromatic N) is 5. The smallest absolute Gasteiger partial charge is 0.384 e. The monoisotopic (exact) mass is 374 g/mol. The van der Waals surface area contributed by atoms with Gasteiger partial charge in [-0.05, 0) is 38.1 Å². The van der Waals surface area contributed by atoms with E-state index in [2.05, 4.69) is 19.9 Å². The molecule has 0 saturated carbocycles. The molecule has 0 amide bonds. The number of aromatic nitrogens is 4. The van der Waals surface area contributed by atoms with Gasteiger partial charge >= 0.3 is 6.18 Å². The molecule has 27 heavy (non-hydrogen) atoms. The quantitative estimate of drug-likeness (QED) is 0.741. The molecule has 3 rings (SSSR count). The third-order valence-corrected chi connectivity index (χ3v) is 3.66. The SMILES string of the molecule is CC(C)N(c1ccccn1)c1cc(N)nc(-c2cccc(C(F)(F)F)n2)n1. The molecule has 0 fully saturated rings. The molecule has 2 N–H and O–H groups in total. The third kappa shape index (κ3) is 4.13. The van der Waals surface area contributed by atoms with Crippen LogP contribution in [0, 0.1) is 0 Å². The van der Waals surface area contributed by atoms with E-state index in [-0.39, 0.29) is 23.4 Å². The van der Waals surface area contributed by atoms with Gasteiger partial charge in [-0.3, -0.25) is 0 Å². The van der Waals surface area contributed by atoms with Gasteiger partial charge in [-0.15, -0.1) is 0 Å². The number of anilines is 3. The molecule has 0 radical (unpaired) electrons. The molecule has 0 aromatic carbocycles. The van der Waals surface area contributed by atoms with Crippen molar-refractivity contribution in [3.8, 4) is 11.5 Å². The zero-order chi connectivity index (χ0) is 19.6. The van der Waals surface area contributed by atoms with E-state index in [0.29, 0.717) is 11.6 Å². The molecule has 140 valence electrons. The second-order valence-corrected chi connectivity index (χ2v) is 6.03. The van der Waals surface area contributed by atoms with Gasteiger partial charge in [-0.25, -0.2) is 19.9 Å². The van der Waals surface area contributed by atoms with Crippen LogP contribution in [-0.4, -0.2) is 26.0 Å². The Morgan fingerprint density at radius 2 is 1.74 bits per heavy atom. The molecule has 0 spiro atoms. The lowest BCUT2D eigenvalue weighted by Gasteiger charge is -2.27. The highest BCUT2D eigenvalue weighted by molar-refractivity contribution is 5.63. The maximum atomic E-state index is 13.0. The zero-order valence-electron chi connectivity index (χ0n) is 14.6. The highest BCUT2D eigenvalue weighted by atomic mass is 19.4. The van der Waals surface area contributed by atoms with Gasteiger partial charge in [0, 0.05) is 18.3 Å². The number of pyridine rings is 2. The van der Waals surface area contributed by atoms with Gasteiger partial charge in [0.15, 0.2) is 5.82 Å². The summed E-state index contributed by atoms with van der Waals surface area (Å²) in [6, 6.07) is 10.5. The van der Waals surface area contributed by atoms with Crippen LogP contribution in [0.15, 0.2) is 48.7 Å². The Bertz CT molecular complexity index is 928. The summed E-state index contributed by atoms with van der Waals surface area (Å²) in [7, 11) is 0. The van der Waals surface area contributed by atoms with Crippen molar-refractivity contribution < 1.29 is 13.2 Å². The summed E-state index contributed by atoms with van der Waals surface area (Å²) < 4.78 is 38.9. The Kier molecular flexibility index (Phi) is 4.93. The minimum absolute atomic E-state index is 0.0110. The van der Waals surface area contributed by atoms with Crippen molar-refractivity contribution >= 4 is 17.5 Å². The van der Waals surface area contributed by atoms with Crippen LogP contribution in [0.1, 0.15) is 19.5 Å². The number of hydrogen-bond donors (Lipinski definition) is 1. The van der Waals surface area contributed by atoms with Crippen LogP contribution < -0.4 is 10.6 Å². The summed E-state index contributed by atoms with van der Waals surface area (Å²) >= 11 is 0. The van der Waals surface area contributed by atoms with Crippen molar-refractivity contribution in [1.29, 1.82) is 0 Å². The average Bonchev–Trinajstić information content (AvgIpc) is 2.61. The lowest BCUT2D eigenvalue weighted by molar-refractivity contribution is -0.141. The maximum absolute atomic E-state index is 13.0. The number of alkyl halides is 3. The topological polar surface area (TPSA) is 80.8 Å². The molecule has 0 saturated heterocycles. The van der Waals surface area contributed by atoms with Gasteiger partial charge in [-0.2, -0.15) is 13.2 Å². The molecular formula is C18H17F3N6. The fourth-order valence-electron chi connectivity index (χ4n) is 2.55. The second kappa shape index (κ2) is 7.18. The minimum Gasteiger partial charge on any atom is -0.384 e. The van der Waals surface area contributed by atoms with Crippen LogP contribution in [0.2, 0.25) is 0 Å². The summed E-state index contributed by atoms with van der Waals surface area (Å²) in [5.41, 5.74) is 4.86. The lowest BCUT2D eigenvalue weighted by Crippen LogP contribution is -2.27. The fraction of sp³-hybridized carbons (Fsp3) is 0.222. The predicted molar refractivity (Wildman–Crippen MR) is 96.2 cm³/mol. The normalized spacial score (nSPS) is 11.6. The lowest BCUT2D eigenvalue weighted by atomic mass is 10.2. The molecule has 0 bridgehead atoms. The Balaban J connectivity index is 2.09. The van der Waals surface area contributed by atoms with Gasteiger partial charge in [0.05, 0.1) is 0 Å². The molecule has 3 aromatic rings. The first-order valence-electron chi connectivity index (χ1n) is 8.15. The van der Waals surface area contributed by atoms with Gasteiger partial charge in [-0.1, -0.05) is 12.1 Å². The number of nitrogens with two attached hydrogens (primary N) is 1. The number of rotatable bonds is 4. The first kappa shape index (κ1) is 18.6. The van der Waals surface area contributed by atoms with Crippen LogP contribution in [0.25, 0.3) is 11.5 Å². The van der Waals surface area contributed by atoms with E-state index in [1.165, 1.54) is 12.1 Å². The molecule has 3 heterocycles. The van der Waals surface area contributed by atoms with Crippen molar-refractivity contribution in [3.63, 3.8) is 0 Å². The molecule has 9 heteroatoms. The molecular weight excluding hydrogens is 357 g/mol. The largest absolute Gasteiger partial charge is 0.433 e. The number of nitrogen functional groups attached to an aromatic ring is 1. The minimum atomic E-state index is -4.56. The molecule has 0 unspecified atom stereocenters. The van der Waals surface area contributed by atoms with E-state index in [9.17, 15) is 13.2 Å². The third-order valence-electron chi connectivity index (χ3n) is 3.66. The van der Waals surface area contributed by atoms with E-state index in [0.717, 1.165) is 6.07 Å². The summed E-state index contributed by atoms with van der Waals surface area (Å²) in [6.45, 7) is 3.88. The van der Waals surface area contributed by atoms with E-state index in [4.69, 9.17) is 5.73 Å². The Morgan fingerprint density at radius 1 is 0.963 bits per heavy atom. The van der Waals surface area contributed by atoms with Crippen molar-refractivity contribution in [3.05, 3.63) is 54.4 Å². The Labute approximate surface area is 153 Å². The molecule has 3 aromatic heterocycles. The van der Waals surface area contributed by atoms with Crippen LogP contribution in [0.5, 0.6) is 0 Å². The van der Waals surface area contributed by atoms with Gasteiger partial charge < -0.3 is 10.6 Å². The first-order chi connectivity index (χ1) is 12.8. The van der Waals surface area contributed by atoms with Gasteiger partial charge in [0.25, 0.3) is 0 Å². The number of hydrogen-bond acceptors (Lipinski definition) is 6. The molecule has 0 aliphatic heterocycles. The van der Waals surface area contributed by atoms with Gasteiger partial charge in [0.2, 0.25) is 0 Å².